The number of nitrogens with one attached hydrogen (secondary N) is 2. The summed E-state index contributed by atoms with van der Waals surface area (Å²) >= 11 is 0. The molecule has 4 N–H and O–H groups in total. The van der Waals surface area contributed by atoms with Crippen LogP contribution < -0.4 is 30.7 Å². The molecule has 17 heteroatoms. The van der Waals surface area contributed by atoms with Crippen LogP contribution in [0, 0.1) is 0 Å². The first-order valence-corrected chi connectivity index (χ1v) is 22.2. The number of nitrogens with two attached hydrogens (primary N) is 1. The number of hydrogen-bond acceptors (Lipinski definition) is 11. The van der Waals surface area contributed by atoms with Crippen molar-refractivity contribution in [3.05, 3.63) is 96.1 Å². The van der Waals surface area contributed by atoms with Gasteiger partial charge in [0.15, 0.2) is 29.8 Å². The van der Waals surface area contributed by atoms with Crippen molar-refractivity contribution in [2.24, 2.45) is 19.8 Å². The average Bonchev–Trinajstić information content (AvgIpc) is 3.87. The number of fused-ring (bicyclic) bond motifs is 2. The zero-order valence-corrected chi connectivity index (χ0v) is 37.3. The number of ketones is 1. The minimum Gasteiger partial charge on any atom is -0.493 e. The van der Waals surface area contributed by atoms with E-state index in [1.54, 1.807) is 45.5 Å². The Kier molecular flexibility index (Phi) is 15.4. The van der Waals surface area contributed by atoms with Crippen molar-refractivity contribution >= 4 is 41.0 Å². The van der Waals surface area contributed by atoms with Crippen LogP contribution >= 0.6 is 0 Å². The normalized spacial score (nSPS) is 18.2. The lowest BCUT2D eigenvalue weighted by molar-refractivity contribution is -0.198. The Hall–Kier alpha value is -6.43. The van der Waals surface area contributed by atoms with E-state index in [1.807, 2.05) is 43.6 Å². The first-order chi connectivity index (χ1) is 31.5. The van der Waals surface area contributed by atoms with E-state index in [0.29, 0.717) is 62.6 Å². The van der Waals surface area contributed by atoms with Gasteiger partial charge in [0.2, 0.25) is 5.91 Å². The molecule has 3 aliphatic heterocycles. The fraction of sp³-hybridized carbons (Fsp3) is 0.438. The lowest BCUT2D eigenvalue weighted by Gasteiger charge is -2.42. The predicted molar refractivity (Wildman–Crippen MR) is 243 cm³/mol. The van der Waals surface area contributed by atoms with E-state index in [1.165, 1.54) is 18.1 Å². The highest BCUT2D eigenvalue weighted by atomic mass is 16.7. The Morgan fingerprint density at radius 2 is 1.72 bits per heavy atom. The lowest BCUT2D eigenvalue weighted by atomic mass is 10.00. The van der Waals surface area contributed by atoms with Crippen LogP contribution in [0.5, 0.6) is 11.5 Å². The number of rotatable bonds is 18. The summed E-state index contributed by atoms with van der Waals surface area (Å²) in [7, 11) is 5.03. The van der Waals surface area contributed by atoms with Crippen molar-refractivity contribution in [3.63, 3.8) is 0 Å². The molecule has 3 atom stereocenters. The Morgan fingerprint density at radius 1 is 0.938 bits per heavy atom. The van der Waals surface area contributed by atoms with Crippen LogP contribution in [0.25, 0.3) is 11.1 Å². The lowest BCUT2D eigenvalue weighted by Crippen LogP contribution is -2.57. The molecule has 17 nitrogen and oxygen atoms in total. The highest BCUT2D eigenvalue weighted by Crippen LogP contribution is 2.42. The number of methoxy groups -OCH3 is 1. The molecule has 2 aromatic heterocycles. The molecular formula is C48H59N7O10. The van der Waals surface area contributed by atoms with E-state index in [4.69, 9.17) is 29.4 Å². The second-order valence-corrected chi connectivity index (χ2v) is 16.4. The molecule has 2 saturated heterocycles. The number of Topliss-reactive ketones (excluding diaryl/α,β-unsaturated/α-hetero) is 1. The van der Waals surface area contributed by atoms with Gasteiger partial charge in [0, 0.05) is 77.2 Å². The van der Waals surface area contributed by atoms with E-state index in [-0.39, 0.29) is 72.3 Å². The third-order valence-corrected chi connectivity index (χ3v) is 11.8. The number of carbonyl (C=O) groups excluding carboxylic acids is 5. The first-order valence-electron chi connectivity index (χ1n) is 22.2. The van der Waals surface area contributed by atoms with Crippen molar-refractivity contribution in [3.8, 4) is 22.6 Å². The summed E-state index contributed by atoms with van der Waals surface area (Å²) in [4.78, 5) is 70.4. The van der Waals surface area contributed by atoms with Crippen molar-refractivity contribution in [1.82, 2.24) is 19.4 Å². The van der Waals surface area contributed by atoms with Crippen LogP contribution in [0.2, 0.25) is 0 Å². The number of piperidine rings is 1. The fourth-order valence-electron chi connectivity index (χ4n) is 8.55. The van der Waals surface area contributed by atoms with Crippen LogP contribution in [0.3, 0.4) is 0 Å². The molecule has 65 heavy (non-hydrogen) atoms. The van der Waals surface area contributed by atoms with Gasteiger partial charge in [0.05, 0.1) is 42.4 Å². The summed E-state index contributed by atoms with van der Waals surface area (Å²) in [6.07, 6.45) is 8.24. The van der Waals surface area contributed by atoms with Crippen LogP contribution in [0.15, 0.2) is 73.6 Å². The molecule has 346 valence electrons. The molecule has 2 aromatic carbocycles. The zero-order valence-electron chi connectivity index (χ0n) is 37.3. The van der Waals surface area contributed by atoms with E-state index in [9.17, 15) is 24.0 Å². The molecule has 2 unspecified atom stereocenters. The van der Waals surface area contributed by atoms with Gasteiger partial charge in [-0.05, 0) is 74.3 Å². The zero-order chi connectivity index (χ0) is 46.0. The van der Waals surface area contributed by atoms with Crippen LogP contribution in [-0.4, -0.2) is 109 Å². The van der Waals surface area contributed by atoms with Crippen LogP contribution in [0.1, 0.15) is 88.3 Å². The number of anilines is 2. The maximum absolute atomic E-state index is 14.3. The molecule has 0 saturated carbocycles. The number of aryl methyl sites for hydroxylation is 2. The standard InChI is InChI=1S/C48H59N7O10/c1-5-21-64-48(60)55-37-28-42(41(61-4)27-35(37)46(59)54-20-8-6-11-36(54)47(55)65-44-13-7-9-22-63-44)62-23-10-12-43(57)51-34-26-38(53(3)30-34)40(56)24-31-14-16-32(17-15-31)33-25-39(52(2)29-33)45(58)50-19-18-49/h5,14-17,25-30,36,44,47H,1,6-13,18-24,49H2,2-4H3,(H,50,58)(H,51,57)/t36-,44?,47?/m0/s1. The number of ether oxygens (including phenoxy) is 5. The molecular weight excluding hydrogens is 835 g/mol. The SMILES string of the molecule is C=CCOC(=O)N1c2cc(OCCCC(=O)Nc3cc(C(=O)Cc4ccc(-c5cc(C(=O)NCCN)n(C)c5)cc4)n(C)c3)c(OC)cc2C(=O)N2CCCC[C@H]2C1OC1CCCCO1. The molecule has 0 spiro atoms. The molecule has 2 fully saturated rings. The predicted octanol–water partition coefficient (Wildman–Crippen LogP) is 5.96. The first kappa shape index (κ1) is 46.6. The highest BCUT2D eigenvalue weighted by Gasteiger charge is 2.47. The number of carbonyl (C=O) groups is 5. The molecule has 0 radical (unpaired) electrons. The number of nitrogens with zero attached hydrogens (tertiary/aromatic N) is 4. The Balaban J connectivity index is 0.981. The van der Waals surface area contributed by atoms with Crippen molar-refractivity contribution in [1.29, 1.82) is 0 Å². The summed E-state index contributed by atoms with van der Waals surface area (Å²) in [5.74, 6) is -0.283. The molecule has 7 rings (SSSR count). The van der Waals surface area contributed by atoms with Gasteiger partial charge in [-0.1, -0.05) is 36.9 Å². The Morgan fingerprint density at radius 3 is 2.46 bits per heavy atom. The summed E-state index contributed by atoms with van der Waals surface area (Å²) in [6, 6.07) is 13.8. The molecule has 0 bridgehead atoms. The van der Waals surface area contributed by atoms with E-state index in [2.05, 4.69) is 17.2 Å². The third kappa shape index (κ3) is 10.9. The highest BCUT2D eigenvalue weighted by molar-refractivity contribution is 6.06. The molecule has 4 amide bonds. The minimum absolute atomic E-state index is 0.0473. The van der Waals surface area contributed by atoms with Gasteiger partial charge in [-0.25, -0.2) is 9.69 Å². The van der Waals surface area contributed by atoms with E-state index < -0.39 is 24.7 Å². The van der Waals surface area contributed by atoms with Gasteiger partial charge in [0.1, 0.15) is 12.3 Å². The van der Waals surface area contributed by atoms with Gasteiger partial charge < -0.3 is 54.1 Å². The second kappa shape index (κ2) is 21.5. The number of aromatic nitrogens is 2. The monoisotopic (exact) mass is 893 g/mol. The van der Waals surface area contributed by atoms with Gasteiger partial charge in [-0.2, -0.15) is 0 Å². The number of benzene rings is 2. The van der Waals surface area contributed by atoms with Crippen molar-refractivity contribution in [2.45, 2.75) is 76.3 Å². The van der Waals surface area contributed by atoms with E-state index in [0.717, 1.165) is 42.4 Å². The number of amides is 4. The van der Waals surface area contributed by atoms with Gasteiger partial charge >= 0.3 is 6.09 Å². The second-order valence-electron chi connectivity index (χ2n) is 16.4. The fourth-order valence-corrected chi connectivity index (χ4v) is 8.55. The minimum atomic E-state index is -0.898. The third-order valence-electron chi connectivity index (χ3n) is 11.8. The molecule has 5 heterocycles. The van der Waals surface area contributed by atoms with E-state index >= 15 is 0 Å². The topological polar surface area (TPSA) is 198 Å². The molecule has 0 aliphatic carbocycles. The van der Waals surface area contributed by atoms with Gasteiger partial charge in [-0.15, -0.1) is 0 Å². The van der Waals surface area contributed by atoms with Crippen LogP contribution in [0.4, 0.5) is 16.2 Å². The summed E-state index contributed by atoms with van der Waals surface area (Å²) < 4.78 is 33.5. The summed E-state index contributed by atoms with van der Waals surface area (Å²) in [5, 5.41) is 5.67. The maximum Gasteiger partial charge on any atom is 0.416 e. The summed E-state index contributed by atoms with van der Waals surface area (Å²) in [5.41, 5.74) is 10.1. The van der Waals surface area contributed by atoms with Crippen molar-refractivity contribution in [2.75, 3.05) is 56.8 Å². The Labute approximate surface area is 378 Å². The Bertz CT molecular complexity index is 2370. The number of hydrogen-bond donors (Lipinski definition) is 3. The largest absolute Gasteiger partial charge is 0.493 e. The van der Waals surface area contributed by atoms with Gasteiger partial charge in [0.25, 0.3) is 11.8 Å². The average molecular weight is 894 g/mol. The van der Waals surface area contributed by atoms with Crippen molar-refractivity contribution < 1.29 is 47.7 Å². The quantitative estimate of drug-likeness (QED) is 0.0606. The van der Waals surface area contributed by atoms with Crippen LogP contribution in [-0.2, 0) is 39.5 Å². The molecule has 3 aliphatic rings. The maximum atomic E-state index is 14.3. The molecule has 4 aromatic rings. The summed E-state index contributed by atoms with van der Waals surface area (Å²) in [6.45, 7) is 5.53. The van der Waals surface area contributed by atoms with Gasteiger partial charge in [-0.3, -0.25) is 19.2 Å². The smallest absolute Gasteiger partial charge is 0.416 e.